The molecule has 22 heavy (non-hydrogen) atoms. The van der Waals surface area contributed by atoms with Gasteiger partial charge in [0.05, 0.1) is 6.04 Å². The number of carbonyl (C=O) groups is 4. The summed E-state index contributed by atoms with van der Waals surface area (Å²) in [5.41, 5.74) is 5.66. The lowest BCUT2D eigenvalue weighted by molar-refractivity contribution is -0.140. The Morgan fingerprint density at radius 3 is 2.23 bits per heavy atom. The Morgan fingerprint density at radius 1 is 1.09 bits per heavy atom. The highest BCUT2D eigenvalue weighted by atomic mass is 32.2. The lowest BCUT2D eigenvalue weighted by atomic mass is 10.1. The third-order valence-electron chi connectivity index (χ3n) is 2.66. The van der Waals surface area contributed by atoms with Gasteiger partial charge < -0.3 is 26.6 Å². The maximum Gasteiger partial charge on any atom is 0.322 e. The minimum atomic E-state index is -1.24. The van der Waals surface area contributed by atoms with Crippen molar-refractivity contribution in [2.75, 3.05) is 18.6 Å². The van der Waals surface area contributed by atoms with Gasteiger partial charge in [-0.1, -0.05) is 0 Å². The minimum Gasteiger partial charge on any atom is -0.481 e. The van der Waals surface area contributed by atoms with E-state index >= 15 is 0 Å². The molecule has 0 aliphatic heterocycles. The molecule has 0 spiro atoms. The van der Waals surface area contributed by atoms with Crippen molar-refractivity contribution in [3.05, 3.63) is 0 Å². The van der Waals surface area contributed by atoms with Crippen LogP contribution in [0.1, 0.15) is 19.3 Å². The quantitative estimate of drug-likeness (QED) is 0.309. The van der Waals surface area contributed by atoms with Crippen LogP contribution in [0.3, 0.4) is 0 Å². The molecule has 0 saturated carbocycles. The number of aliphatic carboxylic acids is 2. The molecule has 0 heterocycles. The van der Waals surface area contributed by atoms with Crippen LogP contribution in [0.4, 0.5) is 0 Å². The fourth-order valence-electron chi connectivity index (χ4n) is 1.48. The Labute approximate surface area is 132 Å². The summed E-state index contributed by atoms with van der Waals surface area (Å²) in [6.45, 7) is -0.614. The number of amides is 2. The third-order valence-corrected chi connectivity index (χ3v) is 3.31. The molecule has 0 fully saturated rings. The number of carbonyl (C=O) groups excluding carboxylic acids is 2. The van der Waals surface area contributed by atoms with E-state index in [0.29, 0.717) is 12.2 Å². The first-order valence-corrected chi connectivity index (χ1v) is 7.93. The Morgan fingerprint density at radius 2 is 1.73 bits per heavy atom. The van der Waals surface area contributed by atoms with Gasteiger partial charge in [0.1, 0.15) is 12.6 Å². The van der Waals surface area contributed by atoms with Gasteiger partial charge in [-0.05, 0) is 24.9 Å². The molecule has 0 aromatic rings. The van der Waals surface area contributed by atoms with Gasteiger partial charge in [0.15, 0.2) is 0 Å². The molecule has 0 saturated heterocycles. The molecule has 2 unspecified atom stereocenters. The standard InChI is InChI=1S/C12H21N3O6S/c1-22-5-4-7(13)11(20)15-8(2-3-9(16)17)12(21)14-6-10(18)19/h7-8H,2-6,13H2,1H3,(H,14,21)(H,15,20)(H,16,17)(H,18,19). The number of hydrogen-bond acceptors (Lipinski definition) is 6. The second-order valence-corrected chi connectivity index (χ2v) is 5.48. The second-order valence-electron chi connectivity index (χ2n) is 4.49. The van der Waals surface area contributed by atoms with Gasteiger partial charge >= 0.3 is 11.9 Å². The van der Waals surface area contributed by atoms with E-state index < -0.39 is 42.4 Å². The average Bonchev–Trinajstić information content (AvgIpc) is 2.45. The third kappa shape index (κ3) is 9.19. The average molecular weight is 335 g/mol. The van der Waals surface area contributed by atoms with Crippen LogP contribution < -0.4 is 16.4 Å². The van der Waals surface area contributed by atoms with Crippen LogP contribution in [-0.4, -0.2) is 64.6 Å². The van der Waals surface area contributed by atoms with Crippen LogP contribution in [0.25, 0.3) is 0 Å². The summed E-state index contributed by atoms with van der Waals surface area (Å²) in [5, 5.41) is 21.6. The summed E-state index contributed by atoms with van der Waals surface area (Å²) < 4.78 is 0. The van der Waals surface area contributed by atoms with E-state index in [2.05, 4.69) is 10.6 Å². The zero-order valence-electron chi connectivity index (χ0n) is 12.2. The predicted octanol–water partition coefficient (Wildman–Crippen LogP) is -1.38. The number of rotatable bonds is 11. The summed E-state index contributed by atoms with van der Waals surface area (Å²) in [6, 6.07) is -1.95. The van der Waals surface area contributed by atoms with Crippen LogP contribution >= 0.6 is 11.8 Å². The van der Waals surface area contributed by atoms with E-state index in [1.807, 2.05) is 6.26 Å². The highest BCUT2D eigenvalue weighted by Gasteiger charge is 2.24. The lowest BCUT2D eigenvalue weighted by Gasteiger charge is -2.19. The normalized spacial score (nSPS) is 13.0. The molecular formula is C12H21N3O6S. The summed E-state index contributed by atoms with van der Waals surface area (Å²) in [7, 11) is 0. The van der Waals surface area contributed by atoms with E-state index in [0.717, 1.165) is 0 Å². The Kier molecular flexibility index (Phi) is 9.96. The van der Waals surface area contributed by atoms with Crippen molar-refractivity contribution in [2.24, 2.45) is 5.73 Å². The van der Waals surface area contributed by atoms with Crippen LogP contribution in [0.2, 0.25) is 0 Å². The molecule has 6 N–H and O–H groups in total. The molecule has 0 rings (SSSR count). The van der Waals surface area contributed by atoms with E-state index in [1.54, 1.807) is 0 Å². The molecular weight excluding hydrogens is 314 g/mol. The van der Waals surface area contributed by atoms with Crippen molar-refractivity contribution in [2.45, 2.75) is 31.3 Å². The van der Waals surface area contributed by atoms with Gasteiger partial charge in [-0.15, -0.1) is 0 Å². The number of carboxylic acids is 2. The Bertz CT molecular complexity index is 418. The van der Waals surface area contributed by atoms with Crippen LogP contribution in [0, 0.1) is 0 Å². The van der Waals surface area contributed by atoms with Crippen molar-refractivity contribution in [1.29, 1.82) is 0 Å². The van der Waals surface area contributed by atoms with Gasteiger partial charge in [0.25, 0.3) is 0 Å². The minimum absolute atomic E-state index is 0.151. The number of carboxylic acid groups (broad SMARTS) is 2. The van der Waals surface area contributed by atoms with Crippen molar-refractivity contribution in [3.63, 3.8) is 0 Å². The van der Waals surface area contributed by atoms with Gasteiger partial charge in [0, 0.05) is 6.42 Å². The first-order valence-electron chi connectivity index (χ1n) is 6.54. The molecule has 0 aromatic heterocycles. The topological polar surface area (TPSA) is 159 Å². The molecule has 0 bridgehead atoms. The largest absolute Gasteiger partial charge is 0.481 e. The fraction of sp³-hybridized carbons (Fsp3) is 0.667. The van der Waals surface area contributed by atoms with Gasteiger partial charge in [-0.3, -0.25) is 19.2 Å². The highest BCUT2D eigenvalue weighted by Crippen LogP contribution is 2.02. The lowest BCUT2D eigenvalue weighted by Crippen LogP contribution is -2.52. The van der Waals surface area contributed by atoms with Crippen molar-refractivity contribution < 1.29 is 29.4 Å². The Hall–Kier alpha value is -1.81. The fourth-order valence-corrected chi connectivity index (χ4v) is 1.97. The predicted molar refractivity (Wildman–Crippen MR) is 80.4 cm³/mol. The van der Waals surface area contributed by atoms with E-state index in [9.17, 15) is 19.2 Å². The molecule has 2 atom stereocenters. The van der Waals surface area contributed by atoms with Gasteiger partial charge in [0.2, 0.25) is 11.8 Å². The number of nitrogens with one attached hydrogen (secondary N) is 2. The van der Waals surface area contributed by atoms with E-state index in [1.165, 1.54) is 11.8 Å². The summed E-state index contributed by atoms with van der Waals surface area (Å²) in [6.07, 6.45) is 1.78. The van der Waals surface area contributed by atoms with E-state index in [-0.39, 0.29) is 12.8 Å². The molecule has 0 aromatic carbocycles. The number of hydrogen-bond donors (Lipinski definition) is 5. The summed E-state index contributed by atoms with van der Waals surface area (Å²) in [4.78, 5) is 44.7. The second kappa shape index (κ2) is 10.9. The highest BCUT2D eigenvalue weighted by molar-refractivity contribution is 7.98. The molecule has 0 aliphatic rings. The van der Waals surface area contributed by atoms with E-state index in [4.69, 9.17) is 15.9 Å². The van der Waals surface area contributed by atoms with Crippen molar-refractivity contribution in [1.82, 2.24) is 10.6 Å². The summed E-state index contributed by atoms with van der Waals surface area (Å²) in [5.74, 6) is -3.03. The maximum atomic E-state index is 11.9. The monoisotopic (exact) mass is 335 g/mol. The zero-order chi connectivity index (χ0) is 17.1. The molecule has 9 nitrogen and oxygen atoms in total. The molecule has 0 aliphatic carbocycles. The van der Waals surface area contributed by atoms with Crippen LogP contribution in [0.5, 0.6) is 0 Å². The Balaban J connectivity index is 4.62. The number of thioether (sulfide) groups is 1. The van der Waals surface area contributed by atoms with Crippen molar-refractivity contribution in [3.8, 4) is 0 Å². The van der Waals surface area contributed by atoms with Gasteiger partial charge in [-0.25, -0.2) is 0 Å². The summed E-state index contributed by atoms with van der Waals surface area (Å²) >= 11 is 1.52. The molecule has 126 valence electrons. The number of nitrogens with two attached hydrogens (primary N) is 1. The van der Waals surface area contributed by atoms with Crippen LogP contribution in [0.15, 0.2) is 0 Å². The molecule has 0 radical (unpaired) electrons. The first-order chi connectivity index (χ1) is 10.3. The van der Waals surface area contributed by atoms with Gasteiger partial charge in [-0.2, -0.15) is 11.8 Å². The van der Waals surface area contributed by atoms with Crippen molar-refractivity contribution >= 4 is 35.5 Å². The van der Waals surface area contributed by atoms with Crippen LogP contribution in [-0.2, 0) is 19.2 Å². The maximum absolute atomic E-state index is 11.9. The SMILES string of the molecule is CSCCC(N)C(=O)NC(CCC(=O)O)C(=O)NCC(=O)O. The first kappa shape index (κ1) is 20.2. The smallest absolute Gasteiger partial charge is 0.322 e. The molecule has 2 amide bonds. The molecule has 10 heteroatoms. The zero-order valence-corrected chi connectivity index (χ0v) is 13.0.